The Kier molecular flexibility index (Phi) is 6.42. The van der Waals surface area contributed by atoms with Crippen molar-refractivity contribution in [2.45, 2.75) is 44.3 Å². The Balaban J connectivity index is 1.19. The number of fused-ring (bicyclic) bond motifs is 4. The number of aromatic nitrogens is 1. The quantitative estimate of drug-likeness (QED) is 0.587. The highest BCUT2D eigenvalue weighted by Crippen LogP contribution is 2.35. The third kappa shape index (κ3) is 4.43. The van der Waals surface area contributed by atoms with E-state index in [0.29, 0.717) is 31.1 Å². The van der Waals surface area contributed by atoms with E-state index >= 15 is 0 Å². The molecule has 0 spiro atoms. The number of pyridine rings is 1. The highest BCUT2D eigenvalue weighted by Gasteiger charge is 2.40. The molecule has 1 aromatic heterocycles. The lowest BCUT2D eigenvalue weighted by Crippen LogP contribution is -2.49. The molecule has 2 aromatic rings. The number of piperidine rings is 1. The lowest BCUT2D eigenvalue weighted by Gasteiger charge is -2.42. The maximum absolute atomic E-state index is 13.1. The number of urea groups is 1. The molecule has 3 aliphatic heterocycles. The molecular formula is C26H30N4O6. The molecule has 10 nitrogen and oxygen atoms in total. The van der Waals surface area contributed by atoms with Crippen molar-refractivity contribution in [3.05, 3.63) is 58.0 Å². The number of likely N-dealkylation sites (tertiary alicyclic amines) is 1. The molecule has 0 radical (unpaired) electrons. The maximum Gasteiger partial charge on any atom is 0.325 e. The monoisotopic (exact) mass is 494 g/mol. The molecule has 10 heteroatoms. The van der Waals surface area contributed by atoms with Crippen molar-refractivity contribution in [2.75, 3.05) is 27.3 Å². The summed E-state index contributed by atoms with van der Waals surface area (Å²) in [6.07, 6.45) is 1.38. The summed E-state index contributed by atoms with van der Waals surface area (Å²) in [6, 6.07) is 9.36. The second kappa shape index (κ2) is 9.67. The van der Waals surface area contributed by atoms with Crippen molar-refractivity contribution in [3.8, 4) is 11.5 Å². The zero-order valence-electron chi connectivity index (χ0n) is 20.4. The second-order valence-electron chi connectivity index (χ2n) is 9.65. The number of hydrogen-bond donors (Lipinski definition) is 1. The normalized spacial score (nSPS) is 22.8. The van der Waals surface area contributed by atoms with Gasteiger partial charge in [-0.2, -0.15) is 0 Å². The largest absolute Gasteiger partial charge is 0.493 e. The van der Waals surface area contributed by atoms with Gasteiger partial charge in [0.2, 0.25) is 5.91 Å². The zero-order chi connectivity index (χ0) is 25.4. The molecule has 190 valence electrons. The van der Waals surface area contributed by atoms with Gasteiger partial charge in [-0.15, -0.1) is 0 Å². The van der Waals surface area contributed by atoms with E-state index < -0.39 is 12.1 Å². The number of hydrogen-bond acceptors (Lipinski definition) is 6. The summed E-state index contributed by atoms with van der Waals surface area (Å²) < 4.78 is 12.4. The first-order valence-corrected chi connectivity index (χ1v) is 12.2. The maximum atomic E-state index is 13.1. The number of benzene rings is 1. The van der Waals surface area contributed by atoms with Gasteiger partial charge in [-0.1, -0.05) is 12.1 Å². The molecule has 2 saturated heterocycles. The van der Waals surface area contributed by atoms with Gasteiger partial charge in [-0.3, -0.25) is 19.3 Å². The third-order valence-electron chi connectivity index (χ3n) is 7.37. The SMILES string of the molecule is COc1ccc(CN2C(=O)NC(CCC(=O)N3C[C@H]4C[C@@H](C3)c3cccc(=O)n3C4)C2=O)cc1OC. The van der Waals surface area contributed by atoms with E-state index in [1.165, 1.54) is 14.2 Å². The van der Waals surface area contributed by atoms with Gasteiger partial charge in [0.05, 0.1) is 20.8 Å². The van der Waals surface area contributed by atoms with Crippen molar-refractivity contribution in [1.82, 2.24) is 19.7 Å². The fourth-order valence-corrected chi connectivity index (χ4v) is 5.61. The van der Waals surface area contributed by atoms with E-state index in [0.717, 1.165) is 22.6 Å². The first-order chi connectivity index (χ1) is 17.4. The Bertz CT molecular complexity index is 1260. The Morgan fingerprint density at radius 3 is 2.61 bits per heavy atom. The lowest BCUT2D eigenvalue weighted by molar-refractivity contribution is -0.134. The standard InChI is InChI=1S/C26H30N4O6/c1-35-21-8-6-16(11-22(21)36-2)13-30-25(33)19(27-26(30)34)7-9-23(31)28-12-17-10-18(15-28)20-4-3-5-24(32)29(20)14-17/h3-6,8,11,17-19H,7,9-10,12-15H2,1-2H3,(H,27,34)/t17-,18+,19?/m1/s1. The van der Waals surface area contributed by atoms with Gasteiger partial charge in [-0.25, -0.2) is 4.79 Å². The van der Waals surface area contributed by atoms with Crippen molar-refractivity contribution < 1.29 is 23.9 Å². The number of rotatable bonds is 7. The van der Waals surface area contributed by atoms with Gasteiger partial charge in [-0.05, 0) is 42.5 Å². The molecule has 1 unspecified atom stereocenters. The number of nitrogens with zero attached hydrogens (tertiary/aromatic N) is 3. The number of imide groups is 1. The van der Waals surface area contributed by atoms with Crippen molar-refractivity contribution >= 4 is 17.8 Å². The highest BCUT2D eigenvalue weighted by molar-refractivity contribution is 6.04. The van der Waals surface area contributed by atoms with Crippen molar-refractivity contribution in [1.29, 1.82) is 0 Å². The average Bonchev–Trinajstić information content (AvgIpc) is 3.15. The van der Waals surface area contributed by atoms with E-state index in [2.05, 4.69) is 5.32 Å². The molecule has 3 aliphatic rings. The van der Waals surface area contributed by atoms with Crippen LogP contribution < -0.4 is 20.3 Å². The highest BCUT2D eigenvalue weighted by atomic mass is 16.5. The fourth-order valence-electron chi connectivity index (χ4n) is 5.61. The number of carbonyl (C=O) groups is 3. The fraction of sp³-hybridized carbons (Fsp3) is 0.462. The van der Waals surface area contributed by atoms with Crippen LogP contribution >= 0.6 is 0 Å². The summed E-state index contributed by atoms with van der Waals surface area (Å²) in [5, 5.41) is 2.72. The second-order valence-corrected chi connectivity index (χ2v) is 9.65. The topological polar surface area (TPSA) is 110 Å². The van der Waals surface area contributed by atoms with Crippen LogP contribution in [0, 0.1) is 5.92 Å². The molecule has 36 heavy (non-hydrogen) atoms. The van der Waals surface area contributed by atoms with Crippen LogP contribution in [-0.4, -0.2) is 65.6 Å². The van der Waals surface area contributed by atoms with Crippen molar-refractivity contribution in [3.63, 3.8) is 0 Å². The molecule has 2 fully saturated rings. The van der Waals surface area contributed by atoms with Crippen LogP contribution in [0.3, 0.4) is 0 Å². The first-order valence-electron chi connectivity index (χ1n) is 12.2. The van der Waals surface area contributed by atoms with Crippen LogP contribution in [-0.2, 0) is 22.7 Å². The predicted molar refractivity (Wildman–Crippen MR) is 130 cm³/mol. The van der Waals surface area contributed by atoms with Crippen LogP contribution in [0.5, 0.6) is 11.5 Å². The number of nitrogens with one attached hydrogen (secondary N) is 1. The van der Waals surface area contributed by atoms with Gasteiger partial charge in [0.15, 0.2) is 11.5 Å². The number of ether oxygens (including phenoxy) is 2. The Morgan fingerprint density at radius 2 is 1.83 bits per heavy atom. The van der Waals surface area contributed by atoms with E-state index in [1.807, 2.05) is 15.5 Å². The van der Waals surface area contributed by atoms with Crippen LogP contribution in [0.2, 0.25) is 0 Å². The summed E-state index contributed by atoms with van der Waals surface area (Å²) in [5.41, 5.74) is 1.72. The minimum Gasteiger partial charge on any atom is -0.493 e. The summed E-state index contributed by atoms with van der Waals surface area (Å²) in [7, 11) is 3.06. The molecule has 5 rings (SSSR count). The van der Waals surface area contributed by atoms with Gasteiger partial charge < -0.3 is 24.3 Å². The Labute approximate surface area is 208 Å². The van der Waals surface area contributed by atoms with Crippen molar-refractivity contribution in [2.24, 2.45) is 5.92 Å². The minimum absolute atomic E-state index is 0.00935. The van der Waals surface area contributed by atoms with Crippen LogP contribution in [0.25, 0.3) is 0 Å². The number of amides is 4. The van der Waals surface area contributed by atoms with Gasteiger partial charge in [0.25, 0.3) is 11.5 Å². The summed E-state index contributed by atoms with van der Waals surface area (Å²) in [4.78, 5) is 53.7. The van der Waals surface area contributed by atoms with Gasteiger partial charge in [0.1, 0.15) is 6.04 Å². The van der Waals surface area contributed by atoms with Gasteiger partial charge >= 0.3 is 6.03 Å². The molecule has 0 aliphatic carbocycles. The Morgan fingerprint density at radius 1 is 1.03 bits per heavy atom. The molecule has 0 saturated carbocycles. The minimum atomic E-state index is -0.731. The summed E-state index contributed by atoms with van der Waals surface area (Å²) >= 11 is 0. The summed E-state index contributed by atoms with van der Waals surface area (Å²) in [6.45, 7) is 1.89. The number of methoxy groups -OCH3 is 2. The predicted octanol–water partition coefficient (Wildman–Crippen LogP) is 1.71. The van der Waals surface area contributed by atoms with E-state index in [4.69, 9.17) is 9.47 Å². The lowest BCUT2D eigenvalue weighted by atomic mass is 9.83. The number of carbonyl (C=O) groups excluding carboxylic acids is 3. The molecule has 4 heterocycles. The van der Waals surface area contributed by atoms with Crippen LogP contribution in [0.4, 0.5) is 4.79 Å². The molecule has 3 atom stereocenters. The van der Waals surface area contributed by atoms with E-state index in [-0.39, 0.29) is 48.6 Å². The Hall–Kier alpha value is -3.82. The third-order valence-corrected chi connectivity index (χ3v) is 7.37. The average molecular weight is 495 g/mol. The summed E-state index contributed by atoms with van der Waals surface area (Å²) in [5.74, 6) is 1.09. The zero-order valence-corrected chi connectivity index (χ0v) is 20.4. The molecule has 1 N–H and O–H groups in total. The van der Waals surface area contributed by atoms with Crippen LogP contribution in [0.1, 0.15) is 36.4 Å². The van der Waals surface area contributed by atoms with Gasteiger partial charge in [0, 0.05) is 43.7 Å². The van der Waals surface area contributed by atoms with Crippen LogP contribution in [0.15, 0.2) is 41.2 Å². The smallest absolute Gasteiger partial charge is 0.325 e. The molecule has 1 aromatic carbocycles. The van der Waals surface area contributed by atoms with E-state index in [9.17, 15) is 19.2 Å². The molecular weight excluding hydrogens is 464 g/mol. The molecule has 2 bridgehead atoms. The van der Waals surface area contributed by atoms with E-state index in [1.54, 1.807) is 30.3 Å². The first kappa shape index (κ1) is 23.9. The molecule has 4 amide bonds.